The minimum absolute atomic E-state index is 0.130. The monoisotopic (exact) mass is 669 g/mol. The highest BCUT2D eigenvalue weighted by atomic mass is 35.5. The van der Waals surface area contributed by atoms with Crippen molar-refractivity contribution in [2.75, 3.05) is 40.6 Å². The number of allylic oxidation sites excluding steroid dienone is 2. The van der Waals surface area contributed by atoms with Crippen molar-refractivity contribution in [2.24, 2.45) is 0 Å². The second-order valence-corrected chi connectivity index (χ2v) is 11.8. The average molecular weight is 671 g/mol. The number of alkyl halides is 1. The van der Waals surface area contributed by atoms with Crippen LogP contribution in [0.25, 0.3) is 5.57 Å². The Morgan fingerprint density at radius 3 is 2.57 bits per heavy atom. The minimum Gasteiger partial charge on any atom is -0.496 e. The Bertz CT molecular complexity index is 1600. The number of amides is 1. The summed E-state index contributed by atoms with van der Waals surface area (Å²) in [6.07, 6.45) is 7.07. The molecule has 2 unspecified atom stereocenters. The summed E-state index contributed by atoms with van der Waals surface area (Å²) >= 11 is 13.9. The second-order valence-electron chi connectivity index (χ2n) is 11.0. The van der Waals surface area contributed by atoms with Crippen LogP contribution < -0.4 is 25.4 Å². The van der Waals surface area contributed by atoms with Crippen molar-refractivity contribution in [3.63, 3.8) is 0 Å². The number of halogens is 2. The molecule has 5 N–H and O–H groups in total. The summed E-state index contributed by atoms with van der Waals surface area (Å²) in [6.45, 7) is 1.61. The van der Waals surface area contributed by atoms with Crippen LogP contribution >= 0.6 is 23.2 Å². The van der Waals surface area contributed by atoms with Gasteiger partial charge in [0.15, 0.2) is 0 Å². The fourth-order valence-electron chi connectivity index (χ4n) is 5.25. The Kier molecular flexibility index (Phi) is 11.3. The van der Waals surface area contributed by atoms with E-state index in [9.17, 15) is 15.0 Å². The highest BCUT2D eigenvalue weighted by molar-refractivity contribution is 6.34. The maximum Gasteiger partial charge on any atom is 0.271 e. The first kappa shape index (κ1) is 33.8. The molecule has 5 rings (SSSR count). The Morgan fingerprint density at radius 2 is 1.89 bits per heavy atom. The van der Waals surface area contributed by atoms with Gasteiger partial charge in [0.25, 0.3) is 5.91 Å². The zero-order chi connectivity index (χ0) is 32.7. The quantitative estimate of drug-likeness (QED) is 0.162. The molecule has 0 saturated carbocycles. The number of methoxy groups -OCH3 is 2. The van der Waals surface area contributed by atoms with Crippen LogP contribution in [0.1, 0.15) is 32.9 Å². The van der Waals surface area contributed by atoms with Crippen LogP contribution in [0.15, 0.2) is 66.9 Å². The first-order chi connectivity index (χ1) is 22.3. The lowest BCUT2D eigenvalue weighted by atomic mass is 9.80. The fourth-order valence-corrected chi connectivity index (χ4v) is 5.92. The molecule has 46 heavy (non-hydrogen) atoms. The molecule has 0 radical (unpaired) electrons. The second kappa shape index (κ2) is 15.4. The van der Waals surface area contributed by atoms with Gasteiger partial charge in [0, 0.05) is 41.5 Å². The van der Waals surface area contributed by atoms with Gasteiger partial charge in [-0.05, 0) is 23.3 Å². The molecule has 3 aromatic rings. The number of rotatable bonds is 14. The van der Waals surface area contributed by atoms with Gasteiger partial charge in [0.05, 0.1) is 63.8 Å². The third-order valence-corrected chi connectivity index (χ3v) is 8.92. The third kappa shape index (κ3) is 7.21. The van der Waals surface area contributed by atoms with Gasteiger partial charge in [-0.1, -0.05) is 54.1 Å². The van der Waals surface area contributed by atoms with Gasteiger partial charge in [-0.3, -0.25) is 9.78 Å². The molecule has 3 heterocycles. The summed E-state index contributed by atoms with van der Waals surface area (Å²) in [7, 11) is 3.04. The number of hydrogen-bond acceptors (Lipinski definition) is 10. The highest BCUT2D eigenvalue weighted by Crippen LogP contribution is 2.43. The summed E-state index contributed by atoms with van der Waals surface area (Å²) < 4.78 is 16.5. The van der Waals surface area contributed by atoms with Crippen LogP contribution in [-0.4, -0.2) is 84.2 Å². The van der Waals surface area contributed by atoms with Crippen molar-refractivity contribution in [2.45, 2.75) is 36.1 Å². The largest absolute Gasteiger partial charge is 0.496 e. The number of aliphatic hydroxyl groups excluding tert-OH is 2. The van der Waals surface area contributed by atoms with E-state index >= 15 is 0 Å². The lowest BCUT2D eigenvalue weighted by molar-refractivity contribution is -0.00585. The summed E-state index contributed by atoms with van der Waals surface area (Å²) in [5.41, 5.74) is 2.06. The third-order valence-electron chi connectivity index (χ3n) is 8.01. The van der Waals surface area contributed by atoms with Gasteiger partial charge in [0.2, 0.25) is 5.88 Å². The summed E-state index contributed by atoms with van der Waals surface area (Å²) in [5.74, 6) is 0.301. The predicted octanol–water partition coefficient (Wildman–Crippen LogP) is 2.96. The number of carbonyl (C=O) groups excluding carboxylic acids is 1. The number of carbonyl (C=O) groups is 1. The molecule has 2 atom stereocenters. The van der Waals surface area contributed by atoms with Crippen LogP contribution in [0.3, 0.4) is 0 Å². The maximum atomic E-state index is 14.0. The van der Waals surface area contributed by atoms with E-state index in [2.05, 4.69) is 20.9 Å². The number of hydrogen-bond donors (Lipinski definition) is 5. The number of pyridine rings is 2. The van der Waals surface area contributed by atoms with Crippen LogP contribution in [-0.2, 0) is 23.4 Å². The molecular weight excluding hydrogens is 633 g/mol. The number of aliphatic hydroxyl groups is 2. The molecule has 244 valence electrons. The Hall–Kier alpha value is -3.55. The smallest absolute Gasteiger partial charge is 0.271 e. The van der Waals surface area contributed by atoms with Crippen molar-refractivity contribution in [1.82, 2.24) is 25.9 Å². The Labute approximate surface area is 277 Å². The van der Waals surface area contributed by atoms with E-state index in [0.29, 0.717) is 52.9 Å². The van der Waals surface area contributed by atoms with E-state index in [1.54, 1.807) is 43.6 Å². The van der Waals surface area contributed by atoms with E-state index in [0.717, 1.165) is 5.56 Å². The van der Waals surface area contributed by atoms with Crippen LogP contribution in [0.5, 0.6) is 11.6 Å². The molecule has 1 fully saturated rings. The molecule has 1 amide bonds. The minimum atomic E-state index is -1.36. The molecule has 1 aromatic carbocycles. The standard InChI is InChI=1S/C33H37Cl2N5O6/c1-44-28-12-27(38-15-21(28)14-37-23-18-46-19-23)31(43)40-33(11-5-7-25(30(33)35)24-6-3-4-8-26(24)34)29-10-9-20(32(39-29)45-2)13-36-22(16-41)17-42/h3-12,15,22-23,30,36-37,41-42H,13-14,16-19H2,1-2H3,(H,40,43). The number of aromatic nitrogens is 2. The molecule has 1 saturated heterocycles. The van der Waals surface area contributed by atoms with Crippen molar-refractivity contribution < 1.29 is 29.2 Å². The van der Waals surface area contributed by atoms with E-state index < -0.39 is 22.9 Å². The number of benzene rings is 1. The molecule has 0 spiro atoms. The molecule has 11 nitrogen and oxygen atoms in total. The van der Waals surface area contributed by atoms with Crippen molar-refractivity contribution in [3.05, 3.63) is 100.0 Å². The first-order valence-corrected chi connectivity index (χ1v) is 15.6. The number of ether oxygens (including phenoxy) is 3. The van der Waals surface area contributed by atoms with Gasteiger partial charge in [0.1, 0.15) is 17.0 Å². The van der Waals surface area contributed by atoms with Gasteiger partial charge >= 0.3 is 0 Å². The lowest BCUT2D eigenvalue weighted by Crippen LogP contribution is -2.52. The maximum absolute atomic E-state index is 14.0. The topological polar surface area (TPSA) is 147 Å². The van der Waals surface area contributed by atoms with E-state index in [1.807, 2.05) is 30.4 Å². The summed E-state index contributed by atoms with van der Waals surface area (Å²) in [5, 5.41) is 28.2. The van der Waals surface area contributed by atoms with Gasteiger partial charge in [-0.25, -0.2) is 4.98 Å². The molecule has 13 heteroatoms. The van der Waals surface area contributed by atoms with Crippen molar-refractivity contribution >= 4 is 34.7 Å². The molecule has 1 aliphatic carbocycles. The Morgan fingerprint density at radius 1 is 1.11 bits per heavy atom. The number of nitrogens with zero attached hydrogens (tertiary/aromatic N) is 2. The lowest BCUT2D eigenvalue weighted by Gasteiger charge is -2.39. The van der Waals surface area contributed by atoms with Gasteiger partial charge < -0.3 is 40.4 Å². The molecule has 0 bridgehead atoms. The van der Waals surface area contributed by atoms with Gasteiger partial charge in [-0.2, -0.15) is 0 Å². The molecule has 1 aliphatic heterocycles. The predicted molar refractivity (Wildman–Crippen MR) is 175 cm³/mol. The van der Waals surface area contributed by atoms with Gasteiger partial charge in [-0.15, -0.1) is 11.6 Å². The first-order valence-electron chi connectivity index (χ1n) is 14.8. The normalized spacial score (nSPS) is 19.5. The van der Waals surface area contributed by atoms with E-state index in [1.165, 1.54) is 7.11 Å². The fraction of sp³-hybridized carbons (Fsp3) is 0.364. The van der Waals surface area contributed by atoms with Crippen molar-refractivity contribution in [1.29, 1.82) is 0 Å². The van der Waals surface area contributed by atoms with Crippen LogP contribution in [0, 0.1) is 0 Å². The zero-order valence-corrected chi connectivity index (χ0v) is 27.0. The number of nitrogens with one attached hydrogen (secondary N) is 3. The van der Waals surface area contributed by atoms with E-state index in [4.69, 9.17) is 42.4 Å². The molecule has 2 aromatic heterocycles. The summed E-state index contributed by atoms with van der Waals surface area (Å²) in [6, 6.07) is 12.3. The summed E-state index contributed by atoms with van der Waals surface area (Å²) in [4.78, 5) is 23.3. The average Bonchev–Trinajstić information content (AvgIpc) is 3.06. The Balaban J connectivity index is 1.50. The van der Waals surface area contributed by atoms with E-state index in [-0.39, 0.29) is 37.4 Å². The molecular formula is C33H37Cl2N5O6. The van der Waals surface area contributed by atoms with Crippen molar-refractivity contribution in [3.8, 4) is 11.6 Å². The van der Waals surface area contributed by atoms with Crippen LogP contribution in [0.4, 0.5) is 0 Å². The zero-order valence-electron chi connectivity index (χ0n) is 25.5. The molecule has 2 aliphatic rings. The SMILES string of the molecule is COc1cc(C(=O)NC2(c3ccc(CNC(CO)CO)c(OC)n3)C=CC=C(c3ccccc3Cl)C2Cl)ncc1CNC1COC1. The van der Waals surface area contributed by atoms with Crippen LogP contribution in [0.2, 0.25) is 5.02 Å². The highest BCUT2D eigenvalue weighted by Gasteiger charge is 2.45.